The quantitative estimate of drug-likeness (QED) is 0.479. The molecule has 3 nitrogen and oxygen atoms in total. The summed E-state index contributed by atoms with van der Waals surface area (Å²) < 4.78 is 26.2. The number of hydrogen-bond acceptors (Lipinski definition) is 3. The molecule has 0 aliphatic heterocycles. The van der Waals surface area contributed by atoms with Gasteiger partial charge in [0.2, 0.25) is 9.84 Å². The molecule has 0 heterocycles. The van der Waals surface area contributed by atoms with Crippen molar-refractivity contribution in [2.75, 3.05) is 0 Å². The van der Waals surface area contributed by atoms with Crippen LogP contribution in [0.15, 0.2) is 76.5 Å². The first-order valence-corrected chi connectivity index (χ1v) is 11.2. The Morgan fingerprint density at radius 2 is 1.50 bits per heavy atom. The van der Waals surface area contributed by atoms with E-state index in [1.165, 1.54) is 11.6 Å². The molecule has 0 N–H and O–H groups in total. The molecule has 0 saturated carbocycles. The van der Waals surface area contributed by atoms with Gasteiger partial charge in [-0.25, -0.2) is 8.42 Å². The van der Waals surface area contributed by atoms with Crippen molar-refractivity contribution in [1.29, 1.82) is 5.26 Å². The molecule has 0 unspecified atom stereocenters. The summed E-state index contributed by atoms with van der Waals surface area (Å²) in [4.78, 5) is 0.211. The van der Waals surface area contributed by atoms with E-state index in [2.05, 4.69) is 39.0 Å². The van der Waals surface area contributed by atoms with E-state index in [1.54, 1.807) is 42.5 Å². The van der Waals surface area contributed by atoms with Gasteiger partial charge < -0.3 is 0 Å². The molecule has 0 aromatic heterocycles. The molecule has 3 rings (SSSR count). The second-order valence-electron chi connectivity index (χ2n) is 8.35. The van der Waals surface area contributed by atoms with Gasteiger partial charge in [-0.05, 0) is 47.2 Å². The van der Waals surface area contributed by atoms with Crippen LogP contribution < -0.4 is 0 Å². The Hall–Kier alpha value is -3.16. The van der Waals surface area contributed by atoms with Crippen LogP contribution in [0.1, 0.15) is 48.6 Å². The Labute approximate surface area is 179 Å². The normalized spacial score (nSPS) is 12.1. The summed E-state index contributed by atoms with van der Waals surface area (Å²) in [6.07, 6.45) is 3.68. The number of nitriles is 1. The van der Waals surface area contributed by atoms with Crippen LogP contribution in [0.25, 0.3) is 12.2 Å². The van der Waals surface area contributed by atoms with Gasteiger partial charge in [0, 0.05) is 0 Å². The number of rotatable bonds is 4. The van der Waals surface area contributed by atoms with E-state index in [0.29, 0.717) is 5.56 Å². The zero-order valence-corrected chi connectivity index (χ0v) is 18.5. The van der Waals surface area contributed by atoms with Crippen LogP contribution in [0, 0.1) is 18.3 Å². The summed E-state index contributed by atoms with van der Waals surface area (Å²) in [5.74, 6) is 0. The SMILES string of the molecule is Cc1ccc(S(=O)(=O)c2cccc(/C=C/c3ccc(C(C)(C)C)cc3)c2C#N)cc1. The standard InChI is InChI=1S/C26H25NO2S/c1-19-8-16-23(17-9-19)30(28,29)25-7-5-6-21(24(25)18-27)13-10-20-11-14-22(15-12-20)26(2,3)4/h5-17H,1-4H3/b13-10+. The highest BCUT2D eigenvalue weighted by molar-refractivity contribution is 7.91. The zero-order valence-electron chi connectivity index (χ0n) is 17.7. The monoisotopic (exact) mass is 415 g/mol. The molecule has 0 radical (unpaired) electrons. The maximum atomic E-state index is 13.1. The van der Waals surface area contributed by atoms with E-state index in [4.69, 9.17) is 0 Å². The van der Waals surface area contributed by atoms with E-state index >= 15 is 0 Å². The molecule has 0 amide bonds. The molecule has 30 heavy (non-hydrogen) atoms. The van der Waals surface area contributed by atoms with Crippen molar-refractivity contribution in [3.8, 4) is 6.07 Å². The summed E-state index contributed by atoms with van der Waals surface area (Å²) in [5, 5.41) is 9.73. The molecule has 0 fully saturated rings. The van der Waals surface area contributed by atoms with E-state index in [9.17, 15) is 13.7 Å². The van der Waals surface area contributed by atoms with Crippen molar-refractivity contribution in [3.63, 3.8) is 0 Å². The van der Waals surface area contributed by atoms with Gasteiger partial charge in [0.05, 0.1) is 15.4 Å². The summed E-state index contributed by atoms with van der Waals surface area (Å²) in [5.41, 5.74) is 4.01. The van der Waals surface area contributed by atoms with Crippen molar-refractivity contribution in [2.45, 2.75) is 42.9 Å². The average Bonchev–Trinajstić information content (AvgIpc) is 2.72. The van der Waals surface area contributed by atoms with Gasteiger partial charge in [-0.15, -0.1) is 0 Å². The fourth-order valence-electron chi connectivity index (χ4n) is 3.16. The minimum absolute atomic E-state index is 0.0269. The maximum absolute atomic E-state index is 13.1. The van der Waals surface area contributed by atoms with E-state index in [0.717, 1.165) is 11.1 Å². The first-order chi connectivity index (χ1) is 14.1. The van der Waals surface area contributed by atoms with Crippen molar-refractivity contribution < 1.29 is 8.42 Å². The van der Waals surface area contributed by atoms with Crippen molar-refractivity contribution >= 4 is 22.0 Å². The van der Waals surface area contributed by atoms with Gasteiger partial charge in [-0.1, -0.05) is 87.0 Å². The second kappa shape index (κ2) is 8.30. The molecule has 0 atom stereocenters. The number of aryl methyl sites for hydroxylation is 1. The lowest BCUT2D eigenvalue weighted by Crippen LogP contribution is -2.10. The van der Waals surface area contributed by atoms with Crippen LogP contribution in [0.4, 0.5) is 0 Å². The molecule has 0 spiro atoms. The van der Waals surface area contributed by atoms with E-state index < -0.39 is 9.84 Å². The van der Waals surface area contributed by atoms with E-state index in [1.807, 2.05) is 25.1 Å². The van der Waals surface area contributed by atoms with Crippen LogP contribution in [-0.2, 0) is 15.3 Å². The molecule has 0 aliphatic carbocycles. The second-order valence-corrected chi connectivity index (χ2v) is 10.3. The lowest BCUT2D eigenvalue weighted by Gasteiger charge is -2.18. The molecule has 4 heteroatoms. The predicted molar refractivity (Wildman–Crippen MR) is 122 cm³/mol. The summed E-state index contributed by atoms with van der Waals surface area (Å²) in [6.45, 7) is 8.39. The van der Waals surface area contributed by atoms with Gasteiger partial charge in [-0.2, -0.15) is 5.26 Å². The average molecular weight is 416 g/mol. The topological polar surface area (TPSA) is 57.9 Å². The lowest BCUT2D eigenvalue weighted by atomic mass is 9.87. The Balaban J connectivity index is 1.99. The van der Waals surface area contributed by atoms with Gasteiger partial charge in [-0.3, -0.25) is 0 Å². The summed E-state index contributed by atoms with van der Waals surface area (Å²) in [6, 6.07) is 21.9. The van der Waals surface area contributed by atoms with Crippen molar-refractivity contribution in [2.24, 2.45) is 0 Å². The summed E-state index contributed by atoms with van der Waals surface area (Å²) >= 11 is 0. The Morgan fingerprint density at radius 1 is 0.867 bits per heavy atom. The van der Waals surface area contributed by atoms with Gasteiger partial charge in [0.15, 0.2) is 0 Å². The Bertz CT molecular complexity index is 1220. The van der Waals surface area contributed by atoms with Crippen LogP contribution in [0.3, 0.4) is 0 Å². The van der Waals surface area contributed by atoms with Crippen molar-refractivity contribution in [3.05, 3.63) is 94.5 Å². The zero-order chi connectivity index (χ0) is 21.9. The van der Waals surface area contributed by atoms with Gasteiger partial charge in [0.25, 0.3) is 0 Å². The van der Waals surface area contributed by atoms with Crippen LogP contribution >= 0.6 is 0 Å². The molecular weight excluding hydrogens is 390 g/mol. The highest BCUT2D eigenvalue weighted by Crippen LogP contribution is 2.28. The summed E-state index contributed by atoms with van der Waals surface area (Å²) in [7, 11) is -3.78. The fraction of sp³-hybridized carbons (Fsp3) is 0.192. The minimum Gasteiger partial charge on any atom is -0.218 e. The highest BCUT2D eigenvalue weighted by Gasteiger charge is 2.22. The third-order valence-electron chi connectivity index (χ3n) is 5.02. The predicted octanol–water partition coefficient (Wildman–Crippen LogP) is 6.17. The van der Waals surface area contributed by atoms with Crippen LogP contribution in [0.2, 0.25) is 0 Å². The van der Waals surface area contributed by atoms with Gasteiger partial charge in [0.1, 0.15) is 6.07 Å². The molecule has 0 saturated heterocycles. The number of sulfone groups is 1. The molecular formula is C26H25NO2S. The third-order valence-corrected chi connectivity index (χ3v) is 6.84. The van der Waals surface area contributed by atoms with Crippen molar-refractivity contribution in [1.82, 2.24) is 0 Å². The largest absolute Gasteiger partial charge is 0.218 e. The fourth-order valence-corrected chi connectivity index (χ4v) is 4.59. The van der Waals surface area contributed by atoms with Crippen LogP contribution in [0.5, 0.6) is 0 Å². The third kappa shape index (κ3) is 4.53. The highest BCUT2D eigenvalue weighted by atomic mass is 32.2. The first kappa shape index (κ1) is 21.5. The Kier molecular flexibility index (Phi) is 5.96. The Morgan fingerprint density at radius 3 is 2.07 bits per heavy atom. The number of nitrogens with zero attached hydrogens (tertiary/aromatic N) is 1. The smallest absolute Gasteiger partial charge is 0.207 e. The molecule has 3 aromatic carbocycles. The number of hydrogen-bond donors (Lipinski definition) is 0. The van der Waals surface area contributed by atoms with Gasteiger partial charge >= 0.3 is 0 Å². The molecule has 0 bridgehead atoms. The number of benzene rings is 3. The van der Waals surface area contributed by atoms with Crippen LogP contribution in [-0.4, -0.2) is 8.42 Å². The maximum Gasteiger partial charge on any atom is 0.207 e. The first-order valence-electron chi connectivity index (χ1n) is 9.76. The van der Waals surface area contributed by atoms with E-state index in [-0.39, 0.29) is 20.8 Å². The molecule has 3 aromatic rings. The molecule has 152 valence electrons. The lowest BCUT2D eigenvalue weighted by molar-refractivity contribution is 0.590. The molecule has 0 aliphatic rings. The minimum atomic E-state index is -3.78.